The van der Waals surface area contributed by atoms with E-state index in [4.69, 9.17) is 4.74 Å². The molecule has 10 heteroatoms. The third kappa shape index (κ3) is 4.98. The molecule has 1 aliphatic carbocycles. The van der Waals surface area contributed by atoms with Crippen molar-refractivity contribution in [2.45, 2.75) is 63.2 Å². The average molecular weight is 504 g/mol. The Morgan fingerprint density at radius 3 is 2.58 bits per heavy atom. The Hall–Kier alpha value is -2.59. The van der Waals surface area contributed by atoms with Crippen molar-refractivity contribution >= 4 is 5.91 Å². The highest BCUT2D eigenvalue weighted by Gasteiger charge is 2.49. The number of carbonyl (C=O) groups excluding carboxylic acids is 1. The lowest BCUT2D eigenvalue weighted by Crippen LogP contribution is -2.50. The number of aromatic nitrogens is 3. The number of pyridine rings is 1. The summed E-state index contributed by atoms with van der Waals surface area (Å²) >= 11 is 0. The first-order valence-electron chi connectivity index (χ1n) is 12.6. The Bertz CT molecular complexity index is 1070. The number of fused-ring (bicyclic) bond motifs is 1. The number of ether oxygens (including phenoxy) is 1. The number of alkyl halides is 3. The first kappa shape index (κ1) is 25.1. The van der Waals surface area contributed by atoms with E-state index < -0.39 is 17.2 Å². The van der Waals surface area contributed by atoms with E-state index in [1.807, 2.05) is 6.07 Å². The van der Waals surface area contributed by atoms with Gasteiger partial charge in [0.25, 0.3) is 0 Å². The molecule has 4 heterocycles. The third-order valence-electron chi connectivity index (χ3n) is 8.08. The van der Waals surface area contributed by atoms with Gasteiger partial charge >= 0.3 is 6.18 Å². The van der Waals surface area contributed by atoms with Gasteiger partial charge in [-0.05, 0) is 56.3 Å². The lowest BCUT2D eigenvalue weighted by Gasteiger charge is -2.38. The van der Waals surface area contributed by atoms with Gasteiger partial charge in [0.2, 0.25) is 5.91 Å². The van der Waals surface area contributed by atoms with Crippen molar-refractivity contribution in [2.75, 3.05) is 33.4 Å². The zero-order valence-corrected chi connectivity index (χ0v) is 20.5. The molecular formula is C26H32F3N5O2. The zero-order valence-electron chi connectivity index (χ0n) is 20.5. The quantitative estimate of drug-likeness (QED) is 0.618. The van der Waals surface area contributed by atoms with Crippen LogP contribution in [0.25, 0.3) is 0 Å². The maximum Gasteiger partial charge on any atom is 0.417 e. The highest BCUT2D eigenvalue weighted by molar-refractivity contribution is 5.84. The number of methoxy groups -OCH3 is 1. The minimum absolute atomic E-state index is 0.0266. The molecule has 1 atom stereocenters. The molecule has 1 amide bonds. The number of hydrogen-bond acceptors (Lipinski definition) is 6. The fraction of sp³-hybridized carbons (Fsp3) is 0.615. The van der Waals surface area contributed by atoms with Gasteiger partial charge in [0.15, 0.2) is 0 Å². The predicted octanol–water partition coefficient (Wildman–Crippen LogP) is 3.84. The summed E-state index contributed by atoms with van der Waals surface area (Å²) in [5.41, 5.74) is -0.334. The minimum Gasteiger partial charge on any atom is -0.384 e. The summed E-state index contributed by atoms with van der Waals surface area (Å²) in [6.45, 7) is 2.34. The molecule has 1 unspecified atom stereocenters. The molecule has 0 spiro atoms. The SMILES string of the molecule is COCC1(C(=O)N2CCc3ncc(C(F)(F)F)cc3C2)CCN(C2CCC(c3ncccn3)CC2)C1. The van der Waals surface area contributed by atoms with Crippen LogP contribution in [0, 0.1) is 5.41 Å². The van der Waals surface area contributed by atoms with Crippen LogP contribution in [0.1, 0.15) is 60.7 Å². The summed E-state index contributed by atoms with van der Waals surface area (Å²) in [5.74, 6) is 1.26. The molecule has 0 radical (unpaired) electrons. The first-order valence-corrected chi connectivity index (χ1v) is 12.6. The van der Waals surface area contributed by atoms with E-state index in [0.29, 0.717) is 55.8 Å². The number of carbonyl (C=O) groups is 1. The summed E-state index contributed by atoms with van der Waals surface area (Å²) in [6.07, 6.45) is 5.26. The van der Waals surface area contributed by atoms with Gasteiger partial charge in [-0.3, -0.25) is 14.7 Å². The molecule has 2 aliphatic heterocycles. The number of halogens is 3. The smallest absolute Gasteiger partial charge is 0.384 e. The van der Waals surface area contributed by atoms with Gasteiger partial charge in [0.05, 0.1) is 17.6 Å². The molecule has 0 aromatic carbocycles. The summed E-state index contributed by atoms with van der Waals surface area (Å²) in [7, 11) is 1.60. The highest BCUT2D eigenvalue weighted by Crippen LogP contribution is 2.40. The van der Waals surface area contributed by atoms with Crippen molar-refractivity contribution in [1.82, 2.24) is 24.8 Å². The van der Waals surface area contributed by atoms with Crippen LogP contribution in [-0.4, -0.2) is 70.1 Å². The van der Waals surface area contributed by atoms with Gasteiger partial charge in [-0.2, -0.15) is 13.2 Å². The summed E-state index contributed by atoms with van der Waals surface area (Å²) < 4.78 is 45.2. The Labute approximate surface area is 209 Å². The number of nitrogens with zero attached hydrogens (tertiary/aromatic N) is 5. The van der Waals surface area contributed by atoms with E-state index in [1.165, 1.54) is 0 Å². The molecule has 5 rings (SSSR count). The standard InChI is InChI=1S/C26H32F3N5O2/c1-36-17-25(24(35)33-11-7-22-19(15-33)13-20(14-32-22)26(27,28)29)8-12-34(16-25)21-5-3-18(4-6-21)23-30-9-2-10-31-23/h2,9-10,13-14,18,21H,3-8,11-12,15-17H2,1H3. The van der Waals surface area contributed by atoms with Crippen LogP contribution in [0.4, 0.5) is 13.2 Å². The van der Waals surface area contributed by atoms with Crippen molar-refractivity contribution in [2.24, 2.45) is 5.41 Å². The Morgan fingerprint density at radius 2 is 1.89 bits per heavy atom. The first-order chi connectivity index (χ1) is 17.3. The second kappa shape index (κ2) is 10.0. The van der Waals surface area contributed by atoms with Crippen molar-refractivity contribution < 1.29 is 22.7 Å². The molecule has 2 fully saturated rings. The van der Waals surface area contributed by atoms with Crippen molar-refractivity contribution in [3.05, 3.63) is 53.4 Å². The predicted molar refractivity (Wildman–Crippen MR) is 126 cm³/mol. The second-order valence-corrected chi connectivity index (χ2v) is 10.4. The zero-order chi connectivity index (χ0) is 25.3. The minimum atomic E-state index is -4.46. The lowest BCUT2D eigenvalue weighted by atomic mass is 9.83. The van der Waals surface area contributed by atoms with E-state index >= 15 is 0 Å². The third-order valence-corrected chi connectivity index (χ3v) is 8.08. The highest BCUT2D eigenvalue weighted by atomic mass is 19.4. The van der Waals surface area contributed by atoms with E-state index in [9.17, 15) is 18.0 Å². The number of hydrogen-bond donors (Lipinski definition) is 0. The summed E-state index contributed by atoms with van der Waals surface area (Å²) in [4.78, 5) is 30.8. The van der Waals surface area contributed by atoms with Crippen molar-refractivity contribution in [1.29, 1.82) is 0 Å². The normalized spacial score (nSPS) is 27.2. The maximum atomic E-state index is 13.8. The molecular weight excluding hydrogens is 471 g/mol. The molecule has 7 nitrogen and oxygen atoms in total. The number of likely N-dealkylation sites (tertiary alicyclic amines) is 1. The number of rotatable bonds is 5. The van der Waals surface area contributed by atoms with Gasteiger partial charge < -0.3 is 9.64 Å². The van der Waals surface area contributed by atoms with Crippen LogP contribution >= 0.6 is 0 Å². The second-order valence-electron chi connectivity index (χ2n) is 10.4. The van der Waals surface area contributed by atoms with Crippen LogP contribution < -0.4 is 0 Å². The van der Waals surface area contributed by atoms with E-state index in [1.54, 1.807) is 24.4 Å². The molecule has 36 heavy (non-hydrogen) atoms. The molecule has 0 bridgehead atoms. The summed E-state index contributed by atoms with van der Waals surface area (Å²) in [5, 5.41) is 0. The topological polar surface area (TPSA) is 71.5 Å². The Kier molecular flexibility index (Phi) is 7.00. The van der Waals surface area contributed by atoms with Crippen LogP contribution in [0.5, 0.6) is 0 Å². The maximum absolute atomic E-state index is 13.8. The van der Waals surface area contributed by atoms with Gasteiger partial charge in [-0.1, -0.05) is 0 Å². The van der Waals surface area contributed by atoms with Crippen LogP contribution in [-0.2, 0) is 28.7 Å². The Morgan fingerprint density at radius 1 is 1.14 bits per heavy atom. The lowest BCUT2D eigenvalue weighted by molar-refractivity contribution is -0.145. The molecule has 0 N–H and O–H groups in total. The molecule has 3 aliphatic rings. The van der Waals surface area contributed by atoms with Crippen LogP contribution in [0.3, 0.4) is 0 Å². The van der Waals surface area contributed by atoms with Crippen molar-refractivity contribution in [3.63, 3.8) is 0 Å². The van der Waals surface area contributed by atoms with E-state index in [0.717, 1.165) is 50.3 Å². The molecule has 194 valence electrons. The van der Waals surface area contributed by atoms with Gasteiger partial charge in [-0.25, -0.2) is 9.97 Å². The van der Waals surface area contributed by atoms with Gasteiger partial charge in [0.1, 0.15) is 5.82 Å². The fourth-order valence-electron chi connectivity index (χ4n) is 6.16. The molecule has 2 aromatic rings. The van der Waals surface area contributed by atoms with Crippen molar-refractivity contribution in [3.8, 4) is 0 Å². The van der Waals surface area contributed by atoms with E-state index in [-0.39, 0.29) is 12.5 Å². The monoisotopic (exact) mass is 503 g/mol. The Balaban J connectivity index is 1.25. The molecule has 1 saturated heterocycles. The largest absolute Gasteiger partial charge is 0.417 e. The average Bonchev–Trinajstić information content (AvgIpc) is 3.33. The van der Waals surface area contributed by atoms with E-state index in [2.05, 4.69) is 19.9 Å². The van der Waals surface area contributed by atoms with Gasteiger partial charge in [0, 0.05) is 69.4 Å². The van der Waals surface area contributed by atoms with Crippen LogP contribution in [0.15, 0.2) is 30.7 Å². The molecule has 1 saturated carbocycles. The molecule has 2 aromatic heterocycles. The fourth-order valence-corrected chi connectivity index (χ4v) is 6.16. The van der Waals surface area contributed by atoms with Crippen LogP contribution in [0.2, 0.25) is 0 Å². The summed E-state index contributed by atoms with van der Waals surface area (Å²) in [6, 6.07) is 3.37. The van der Waals surface area contributed by atoms with Gasteiger partial charge in [-0.15, -0.1) is 0 Å². The number of amides is 1.